The van der Waals surface area contributed by atoms with Gasteiger partial charge in [0, 0.05) is 25.8 Å². The monoisotopic (exact) mass is 238 g/mol. The van der Waals surface area contributed by atoms with Crippen molar-refractivity contribution in [2.45, 2.75) is 33.2 Å². The quantitative estimate of drug-likeness (QED) is 0.819. The number of nitrogens with one attached hydrogen (secondary N) is 1. The lowest BCUT2D eigenvalue weighted by Gasteiger charge is -2.23. The molecule has 0 radical (unpaired) electrons. The molecule has 1 aromatic heterocycles. The summed E-state index contributed by atoms with van der Waals surface area (Å²) in [5.41, 5.74) is 6.70. The van der Waals surface area contributed by atoms with Crippen LogP contribution in [0.15, 0.2) is 12.4 Å². The van der Waals surface area contributed by atoms with Crippen LogP contribution in [0.2, 0.25) is 0 Å². The fourth-order valence-electron chi connectivity index (χ4n) is 1.72. The van der Waals surface area contributed by atoms with Crippen LogP contribution in [0.25, 0.3) is 0 Å². The number of carbonyl (C=O) groups is 1. The molecular weight excluding hydrogens is 216 g/mol. The van der Waals surface area contributed by atoms with Gasteiger partial charge in [0.05, 0.1) is 11.8 Å². The summed E-state index contributed by atoms with van der Waals surface area (Å²) in [6.07, 6.45) is 4.11. The van der Waals surface area contributed by atoms with Crippen molar-refractivity contribution in [3.63, 3.8) is 0 Å². The Hall–Kier alpha value is -1.36. The number of hydrogen-bond acceptors (Lipinski definition) is 3. The third-order valence-electron chi connectivity index (χ3n) is 2.37. The second-order valence-electron chi connectivity index (χ2n) is 5.64. The molecule has 0 fully saturated rings. The topological polar surface area (TPSA) is 72.9 Å². The summed E-state index contributed by atoms with van der Waals surface area (Å²) >= 11 is 0. The van der Waals surface area contributed by atoms with Gasteiger partial charge in [-0.05, 0) is 11.8 Å². The number of rotatable bonds is 4. The highest BCUT2D eigenvalue weighted by Crippen LogP contribution is 2.19. The molecule has 0 bridgehead atoms. The first kappa shape index (κ1) is 13.7. The molecule has 17 heavy (non-hydrogen) atoms. The van der Waals surface area contributed by atoms with Crippen LogP contribution >= 0.6 is 0 Å². The van der Waals surface area contributed by atoms with Crippen LogP contribution in [0.4, 0.5) is 0 Å². The van der Waals surface area contributed by atoms with Crippen molar-refractivity contribution in [3.8, 4) is 0 Å². The number of aromatic nitrogens is 2. The standard InChI is InChI=1S/C12H22N4O/c1-12(2,3)5-10(13)7-14-11(17)9-6-15-16(4)8-9/h6,8,10H,5,7,13H2,1-4H3,(H,14,17). The van der Waals surface area contributed by atoms with E-state index in [1.165, 1.54) is 0 Å². The summed E-state index contributed by atoms with van der Waals surface area (Å²) < 4.78 is 1.60. The summed E-state index contributed by atoms with van der Waals surface area (Å²) in [7, 11) is 1.78. The molecule has 0 saturated heterocycles. The van der Waals surface area contributed by atoms with Gasteiger partial charge in [-0.1, -0.05) is 20.8 Å². The number of nitrogens with zero attached hydrogens (tertiary/aromatic N) is 2. The molecule has 0 aliphatic rings. The average Bonchev–Trinajstić information content (AvgIpc) is 2.58. The molecule has 1 unspecified atom stereocenters. The first-order valence-electron chi connectivity index (χ1n) is 5.80. The van der Waals surface area contributed by atoms with E-state index in [9.17, 15) is 4.79 Å². The van der Waals surface area contributed by atoms with Gasteiger partial charge in [0.25, 0.3) is 5.91 Å². The van der Waals surface area contributed by atoms with Gasteiger partial charge >= 0.3 is 0 Å². The zero-order valence-electron chi connectivity index (χ0n) is 11.0. The highest BCUT2D eigenvalue weighted by molar-refractivity contribution is 5.93. The number of hydrogen-bond donors (Lipinski definition) is 2. The van der Waals surface area contributed by atoms with E-state index in [2.05, 4.69) is 31.2 Å². The molecule has 1 aromatic rings. The molecule has 96 valence electrons. The van der Waals surface area contributed by atoms with Crippen LogP contribution in [0.1, 0.15) is 37.6 Å². The molecule has 3 N–H and O–H groups in total. The summed E-state index contributed by atoms with van der Waals surface area (Å²) in [5, 5.41) is 6.77. The minimum atomic E-state index is -0.123. The van der Waals surface area contributed by atoms with Gasteiger partial charge in [-0.15, -0.1) is 0 Å². The molecular formula is C12H22N4O. The summed E-state index contributed by atoms with van der Waals surface area (Å²) in [6.45, 7) is 6.90. The van der Waals surface area contributed by atoms with Crippen LogP contribution in [0.3, 0.4) is 0 Å². The van der Waals surface area contributed by atoms with Gasteiger partial charge in [-0.3, -0.25) is 9.48 Å². The molecule has 0 aliphatic carbocycles. The maximum absolute atomic E-state index is 11.7. The van der Waals surface area contributed by atoms with Gasteiger partial charge in [-0.25, -0.2) is 0 Å². The Labute approximate surface area is 102 Å². The fraction of sp³-hybridized carbons (Fsp3) is 0.667. The normalized spacial score (nSPS) is 13.5. The van der Waals surface area contributed by atoms with E-state index < -0.39 is 0 Å². The van der Waals surface area contributed by atoms with Gasteiger partial charge in [0.15, 0.2) is 0 Å². The van der Waals surface area contributed by atoms with Crippen LogP contribution in [-0.4, -0.2) is 28.3 Å². The Morgan fingerprint density at radius 3 is 2.71 bits per heavy atom. The summed E-state index contributed by atoms with van der Waals surface area (Å²) in [6, 6.07) is -0.0179. The Balaban J connectivity index is 2.38. The Morgan fingerprint density at radius 2 is 2.24 bits per heavy atom. The lowest BCUT2D eigenvalue weighted by molar-refractivity contribution is 0.0948. The molecule has 0 aliphatic heterocycles. The van der Waals surface area contributed by atoms with E-state index in [-0.39, 0.29) is 17.4 Å². The lowest BCUT2D eigenvalue weighted by atomic mass is 9.88. The van der Waals surface area contributed by atoms with Crippen molar-refractivity contribution < 1.29 is 4.79 Å². The minimum absolute atomic E-state index is 0.0179. The van der Waals surface area contributed by atoms with Crippen LogP contribution in [0, 0.1) is 5.41 Å². The highest BCUT2D eigenvalue weighted by Gasteiger charge is 2.16. The number of nitrogens with two attached hydrogens (primary N) is 1. The Morgan fingerprint density at radius 1 is 1.59 bits per heavy atom. The lowest BCUT2D eigenvalue weighted by Crippen LogP contribution is -2.39. The van der Waals surface area contributed by atoms with Crippen molar-refractivity contribution in [3.05, 3.63) is 18.0 Å². The van der Waals surface area contributed by atoms with E-state index in [4.69, 9.17) is 5.73 Å². The highest BCUT2D eigenvalue weighted by atomic mass is 16.1. The van der Waals surface area contributed by atoms with Crippen LogP contribution in [-0.2, 0) is 7.05 Å². The van der Waals surface area contributed by atoms with Gasteiger partial charge < -0.3 is 11.1 Å². The molecule has 5 heteroatoms. The second-order valence-corrected chi connectivity index (χ2v) is 5.64. The zero-order chi connectivity index (χ0) is 13.1. The van der Waals surface area contributed by atoms with Gasteiger partial charge in [0.1, 0.15) is 0 Å². The molecule has 0 spiro atoms. The first-order valence-corrected chi connectivity index (χ1v) is 5.80. The van der Waals surface area contributed by atoms with E-state index in [0.29, 0.717) is 12.1 Å². The number of carbonyl (C=O) groups excluding carboxylic acids is 1. The molecule has 1 rings (SSSR count). The third-order valence-corrected chi connectivity index (χ3v) is 2.37. The number of aryl methyl sites for hydroxylation is 1. The third kappa shape index (κ3) is 4.99. The zero-order valence-corrected chi connectivity index (χ0v) is 11.0. The van der Waals surface area contributed by atoms with E-state index in [1.807, 2.05) is 0 Å². The maximum atomic E-state index is 11.7. The molecule has 0 aromatic carbocycles. The first-order chi connectivity index (χ1) is 7.78. The fourth-order valence-corrected chi connectivity index (χ4v) is 1.72. The van der Waals surface area contributed by atoms with Gasteiger partial charge in [-0.2, -0.15) is 5.10 Å². The number of amides is 1. The predicted octanol–water partition coefficient (Wildman–Crippen LogP) is 0.913. The molecule has 1 heterocycles. The molecule has 1 atom stereocenters. The SMILES string of the molecule is Cn1cc(C(=O)NCC(N)CC(C)(C)C)cn1. The molecule has 0 saturated carbocycles. The van der Waals surface area contributed by atoms with Crippen molar-refractivity contribution in [1.82, 2.24) is 15.1 Å². The van der Waals surface area contributed by atoms with E-state index in [1.54, 1.807) is 24.1 Å². The van der Waals surface area contributed by atoms with Crippen LogP contribution in [0.5, 0.6) is 0 Å². The minimum Gasteiger partial charge on any atom is -0.350 e. The average molecular weight is 238 g/mol. The smallest absolute Gasteiger partial charge is 0.254 e. The van der Waals surface area contributed by atoms with E-state index in [0.717, 1.165) is 6.42 Å². The molecule has 5 nitrogen and oxygen atoms in total. The van der Waals surface area contributed by atoms with Crippen molar-refractivity contribution in [2.24, 2.45) is 18.2 Å². The van der Waals surface area contributed by atoms with Crippen LogP contribution < -0.4 is 11.1 Å². The van der Waals surface area contributed by atoms with Crippen molar-refractivity contribution >= 4 is 5.91 Å². The van der Waals surface area contributed by atoms with E-state index >= 15 is 0 Å². The largest absolute Gasteiger partial charge is 0.350 e. The summed E-state index contributed by atoms with van der Waals surface area (Å²) in [5.74, 6) is -0.123. The second kappa shape index (κ2) is 5.31. The summed E-state index contributed by atoms with van der Waals surface area (Å²) in [4.78, 5) is 11.7. The van der Waals surface area contributed by atoms with Crippen molar-refractivity contribution in [2.75, 3.05) is 6.54 Å². The predicted molar refractivity (Wildman–Crippen MR) is 67.6 cm³/mol. The van der Waals surface area contributed by atoms with Gasteiger partial charge in [0.2, 0.25) is 0 Å². The maximum Gasteiger partial charge on any atom is 0.254 e. The van der Waals surface area contributed by atoms with Crippen molar-refractivity contribution in [1.29, 1.82) is 0 Å². The Kier molecular flexibility index (Phi) is 4.28. The Bertz CT molecular complexity index is 378. The molecule has 1 amide bonds.